The summed E-state index contributed by atoms with van der Waals surface area (Å²) in [4.78, 5) is 44.9. The molecule has 0 aliphatic carbocycles. The lowest BCUT2D eigenvalue weighted by Gasteiger charge is -2.33. The number of likely N-dealkylation sites (N-methyl/N-ethyl adjacent to an activating group) is 1. The number of carbonyl (C=O) groups is 3. The molecule has 0 saturated carbocycles. The fourth-order valence-corrected chi connectivity index (χ4v) is 6.12. The van der Waals surface area contributed by atoms with Gasteiger partial charge in [0.25, 0.3) is 5.91 Å². The second-order valence-corrected chi connectivity index (χ2v) is 11.3. The number of esters is 1. The Hall–Kier alpha value is -4.18. The Kier molecular flexibility index (Phi) is 7.72. The Labute approximate surface area is 249 Å². The molecule has 10 heteroatoms. The summed E-state index contributed by atoms with van der Waals surface area (Å²) in [5.41, 5.74) is 5.58. The highest BCUT2D eigenvalue weighted by molar-refractivity contribution is 6.37. The number of carbonyl (C=O) groups excluding carboxylic acids is 3. The monoisotopic (exact) mass is 585 g/mol. The minimum atomic E-state index is -0.474. The maximum Gasteiger partial charge on any atom is 0.337 e. The van der Waals surface area contributed by atoms with Crippen LogP contribution in [0.2, 0.25) is 0 Å². The Bertz CT molecular complexity index is 1580. The average Bonchev–Trinajstić information content (AvgIpc) is 3.51. The number of anilines is 3. The third-order valence-corrected chi connectivity index (χ3v) is 8.35. The van der Waals surface area contributed by atoms with Gasteiger partial charge in [0.05, 0.1) is 36.2 Å². The number of nitrogens with zero attached hydrogens (tertiary/aromatic N) is 3. The number of fused-ring (bicyclic) bond motifs is 2. The predicted octanol–water partition coefficient (Wildman–Crippen LogP) is 4.11. The number of ether oxygens (including phenoxy) is 1. The first-order valence-electron chi connectivity index (χ1n) is 13.9. The van der Waals surface area contributed by atoms with Gasteiger partial charge >= 0.3 is 5.97 Å². The van der Waals surface area contributed by atoms with Crippen LogP contribution < -0.4 is 15.5 Å². The van der Waals surface area contributed by atoms with Gasteiger partial charge in [0.15, 0.2) is 0 Å². The molecule has 0 radical (unpaired) electrons. The van der Waals surface area contributed by atoms with Gasteiger partial charge < -0.3 is 20.3 Å². The van der Waals surface area contributed by atoms with Crippen molar-refractivity contribution in [1.82, 2.24) is 9.80 Å². The van der Waals surface area contributed by atoms with Gasteiger partial charge in [-0.1, -0.05) is 48.0 Å². The molecular weight excluding hydrogens is 554 g/mol. The fraction of sp³-hybridized carbons (Fsp3) is 0.281. The molecule has 216 valence electrons. The standard InChI is InChI=1S/C32H32ClN5O4/c1-36-12-14-37(15-13-36)19-28(39)38-26-11-9-23(16-22(26)18-27(38)33)34-30(20-6-4-3-5-7-20)29-24-10-8-21(32(41)42-2)17-25(24)35-31(29)40/h3-11,16-17,27,34H,12-15,18-19H2,1-2H3,(H,35,40)/b30-29-. The molecule has 6 rings (SSSR count). The molecule has 0 aromatic heterocycles. The van der Waals surface area contributed by atoms with Crippen molar-refractivity contribution in [3.05, 3.63) is 89.0 Å². The Morgan fingerprint density at radius 3 is 2.50 bits per heavy atom. The largest absolute Gasteiger partial charge is 0.465 e. The van der Waals surface area contributed by atoms with E-state index in [9.17, 15) is 14.4 Å². The van der Waals surface area contributed by atoms with Crippen LogP contribution in [0.3, 0.4) is 0 Å². The molecule has 3 aliphatic rings. The number of amides is 2. The molecule has 1 saturated heterocycles. The predicted molar refractivity (Wildman–Crippen MR) is 164 cm³/mol. The van der Waals surface area contributed by atoms with Crippen molar-refractivity contribution in [2.24, 2.45) is 0 Å². The van der Waals surface area contributed by atoms with Crippen LogP contribution in [0.5, 0.6) is 0 Å². The van der Waals surface area contributed by atoms with E-state index in [0.29, 0.717) is 41.1 Å². The number of benzene rings is 3. The molecule has 3 heterocycles. The van der Waals surface area contributed by atoms with Gasteiger partial charge in [0.1, 0.15) is 5.50 Å². The maximum atomic E-state index is 13.3. The van der Waals surface area contributed by atoms with Crippen molar-refractivity contribution in [1.29, 1.82) is 0 Å². The van der Waals surface area contributed by atoms with Crippen molar-refractivity contribution in [2.75, 3.05) is 62.4 Å². The zero-order valence-corrected chi connectivity index (χ0v) is 24.3. The summed E-state index contributed by atoms with van der Waals surface area (Å²) in [5, 5.41) is 6.37. The van der Waals surface area contributed by atoms with Gasteiger partial charge in [0, 0.05) is 49.5 Å². The lowest BCUT2D eigenvalue weighted by molar-refractivity contribution is -0.120. The summed E-state index contributed by atoms with van der Waals surface area (Å²) in [5.74, 6) is -0.754. The van der Waals surface area contributed by atoms with Gasteiger partial charge in [-0.2, -0.15) is 0 Å². The van der Waals surface area contributed by atoms with Gasteiger partial charge in [0.2, 0.25) is 5.91 Å². The minimum Gasteiger partial charge on any atom is -0.465 e. The van der Waals surface area contributed by atoms with Crippen LogP contribution in [0.15, 0.2) is 66.7 Å². The highest BCUT2D eigenvalue weighted by Gasteiger charge is 2.34. The number of piperazine rings is 1. The van der Waals surface area contributed by atoms with Crippen molar-refractivity contribution in [3.63, 3.8) is 0 Å². The minimum absolute atomic E-state index is 0.00309. The van der Waals surface area contributed by atoms with E-state index in [2.05, 4.69) is 27.5 Å². The first-order chi connectivity index (χ1) is 20.3. The van der Waals surface area contributed by atoms with Gasteiger partial charge in [-0.05, 0) is 48.5 Å². The Morgan fingerprint density at radius 2 is 1.76 bits per heavy atom. The van der Waals surface area contributed by atoms with Gasteiger partial charge in [-0.3, -0.25) is 19.4 Å². The molecule has 3 aromatic carbocycles. The van der Waals surface area contributed by atoms with Crippen molar-refractivity contribution in [3.8, 4) is 0 Å². The number of alkyl halides is 1. The van der Waals surface area contributed by atoms with Crippen molar-refractivity contribution >= 4 is 57.7 Å². The van der Waals surface area contributed by atoms with E-state index in [4.69, 9.17) is 16.3 Å². The zero-order valence-electron chi connectivity index (χ0n) is 23.5. The fourth-order valence-electron chi connectivity index (χ4n) is 5.74. The summed E-state index contributed by atoms with van der Waals surface area (Å²) in [6.45, 7) is 3.94. The van der Waals surface area contributed by atoms with Crippen LogP contribution in [0.25, 0.3) is 11.3 Å². The van der Waals surface area contributed by atoms with Crippen molar-refractivity contribution < 1.29 is 19.1 Å². The topological polar surface area (TPSA) is 94.2 Å². The van der Waals surface area contributed by atoms with Gasteiger partial charge in [-0.15, -0.1) is 0 Å². The zero-order chi connectivity index (χ0) is 29.4. The molecule has 0 bridgehead atoms. The van der Waals surface area contributed by atoms with Crippen LogP contribution in [-0.4, -0.2) is 80.0 Å². The highest BCUT2D eigenvalue weighted by atomic mass is 35.5. The number of halogens is 1. The first-order valence-corrected chi connectivity index (χ1v) is 14.4. The summed E-state index contributed by atoms with van der Waals surface area (Å²) in [6.07, 6.45) is 0.526. The van der Waals surface area contributed by atoms with E-state index >= 15 is 0 Å². The van der Waals surface area contributed by atoms with E-state index in [1.54, 1.807) is 23.1 Å². The third-order valence-electron chi connectivity index (χ3n) is 8.00. The number of nitrogens with one attached hydrogen (secondary N) is 2. The van der Waals surface area contributed by atoms with E-state index in [1.165, 1.54) is 7.11 Å². The van der Waals surface area contributed by atoms with E-state index in [1.807, 2.05) is 48.5 Å². The second kappa shape index (κ2) is 11.6. The number of hydrogen-bond acceptors (Lipinski definition) is 7. The quantitative estimate of drug-likeness (QED) is 0.195. The smallest absolute Gasteiger partial charge is 0.337 e. The summed E-state index contributed by atoms with van der Waals surface area (Å²) in [6, 6.07) is 20.5. The van der Waals surface area contributed by atoms with E-state index < -0.39 is 11.5 Å². The molecule has 1 unspecified atom stereocenters. The normalized spacial score (nSPS) is 19.6. The van der Waals surface area contributed by atoms with Crippen LogP contribution in [0, 0.1) is 0 Å². The average molecular weight is 586 g/mol. The molecule has 2 N–H and O–H groups in total. The number of rotatable bonds is 6. The molecule has 3 aliphatic heterocycles. The first kappa shape index (κ1) is 28.0. The molecule has 2 amide bonds. The summed E-state index contributed by atoms with van der Waals surface area (Å²) in [7, 11) is 3.41. The molecule has 3 aromatic rings. The van der Waals surface area contributed by atoms with Crippen molar-refractivity contribution in [2.45, 2.75) is 11.9 Å². The van der Waals surface area contributed by atoms with E-state index in [-0.39, 0.29) is 11.8 Å². The van der Waals surface area contributed by atoms with Crippen LogP contribution in [0.1, 0.15) is 27.0 Å². The molecule has 1 fully saturated rings. The van der Waals surface area contributed by atoms with Gasteiger partial charge in [-0.25, -0.2) is 4.79 Å². The Morgan fingerprint density at radius 1 is 1.00 bits per heavy atom. The van der Waals surface area contributed by atoms with Crippen LogP contribution in [-0.2, 0) is 20.7 Å². The molecular formula is C32H32ClN5O4. The third kappa shape index (κ3) is 5.38. The summed E-state index contributed by atoms with van der Waals surface area (Å²) < 4.78 is 4.84. The molecule has 1 atom stereocenters. The second-order valence-electron chi connectivity index (χ2n) is 10.8. The lowest BCUT2D eigenvalue weighted by atomic mass is 9.99. The lowest BCUT2D eigenvalue weighted by Crippen LogP contribution is -2.49. The molecule has 0 spiro atoms. The number of hydrogen-bond donors (Lipinski definition) is 2. The van der Waals surface area contributed by atoms with E-state index in [0.717, 1.165) is 48.7 Å². The maximum absolute atomic E-state index is 13.3. The highest BCUT2D eigenvalue weighted by Crippen LogP contribution is 2.40. The van der Waals surface area contributed by atoms with Crippen LogP contribution in [0.4, 0.5) is 17.1 Å². The van der Waals surface area contributed by atoms with Crippen LogP contribution >= 0.6 is 11.6 Å². The Balaban J connectivity index is 1.31. The number of methoxy groups -OCH3 is 1. The molecule has 9 nitrogen and oxygen atoms in total. The SMILES string of the molecule is COC(=O)c1ccc2c(c1)NC(=O)/C2=C(\Nc1ccc2c(c1)CC(Cl)N2C(=O)CN1CCN(C)CC1)c1ccccc1. The molecule has 42 heavy (non-hydrogen) atoms. The summed E-state index contributed by atoms with van der Waals surface area (Å²) >= 11 is 6.72.